The lowest BCUT2D eigenvalue weighted by Crippen LogP contribution is -2.49. The Bertz CT molecular complexity index is 1110. The highest BCUT2D eigenvalue weighted by Gasteiger charge is 2.26. The number of morpholine rings is 1. The summed E-state index contributed by atoms with van der Waals surface area (Å²) in [7, 11) is 0. The van der Waals surface area contributed by atoms with Crippen molar-refractivity contribution in [2.45, 2.75) is 37.5 Å². The highest BCUT2D eigenvalue weighted by molar-refractivity contribution is 8.00. The number of nitrogens with zero attached hydrogens (tertiary/aromatic N) is 2. The molecule has 2 atom stereocenters. The van der Waals surface area contributed by atoms with Crippen molar-refractivity contribution in [2.24, 2.45) is 0 Å². The fourth-order valence-electron chi connectivity index (χ4n) is 3.96. The molecule has 0 saturated carbocycles. The largest absolute Gasteiger partial charge is 0.372 e. The van der Waals surface area contributed by atoms with Gasteiger partial charge in [0.05, 0.1) is 18.0 Å². The van der Waals surface area contributed by atoms with Crippen molar-refractivity contribution < 1.29 is 18.7 Å². The van der Waals surface area contributed by atoms with Crippen LogP contribution in [0.3, 0.4) is 0 Å². The number of fused-ring (bicyclic) bond motifs is 1. The van der Waals surface area contributed by atoms with Crippen molar-refractivity contribution in [3.8, 4) is 0 Å². The number of nitrogens with one attached hydrogen (secondary N) is 1. The smallest absolute Gasteiger partial charge is 0.242 e. The molecule has 2 heterocycles. The van der Waals surface area contributed by atoms with Crippen LogP contribution in [0.15, 0.2) is 59.6 Å². The molecule has 4 rings (SSSR count). The minimum Gasteiger partial charge on any atom is -0.372 e. The number of amides is 2. The van der Waals surface area contributed by atoms with E-state index in [9.17, 15) is 14.0 Å². The zero-order chi connectivity index (χ0) is 22.7. The van der Waals surface area contributed by atoms with Gasteiger partial charge in [-0.25, -0.2) is 4.39 Å². The molecule has 0 bridgehead atoms. The lowest BCUT2D eigenvalue weighted by Gasteiger charge is -2.35. The van der Waals surface area contributed by atoms with Crippen LogP contribution in [-0.4, -0.2) is 52.3 Å². The molecule has 6 nitrogen and oxygen atoms in total. The number of halogens is 1. The Morgan fingerprint density at radius 2 is 1.78 bits per heavy atom. The second kappa shape index (κ2) is 9.75. The van der Waals surface area contributed by atoms with E-state index in [0.717, 1.165) is 15.8 Å². The minimum atomic E-state index is -0.347. The van der Waals surface area contributed by atoms with E-state index in [2.05, 4.69) is 5.32 Å². The summed E-state index contributed by atoms with van der Waals surface area (Å²) in [5.41, 5.74) is 1.51. The molecule has 2 aromatic carbocycles. The second-order valence-electron chi connectivity index (χ2n) is 8.04. The van der Waals surface area contributed by atoms with Gasteiger partial charge in [-0.15, -0.1) is 11.8 Å². The maximum absolute atomic E-state index is 13.0. The number of rotatable bonds is 6. The zero-order valence-corrected chi connectivity index (χ0v) is 18.9. The van der Waals surface area contributed by atoms with Crippen LogP contribution < -0.4 is 5.32 Å². The van der Waals surface area contributed by atoms with Crippen LogP contribution in [0.5, 0.6) is 0 Å². The molecule has 1 fully saturated rings. The number of hydrogen-bond acceptors (Lipinski definition) is 4. The van der Waals surface area contributed by atoms with Crippen LogP contribution in [0, 0.1) is 5.82 Å². The number of ether oxygens (including phenoxy) is 1. The van der Waals surface area contributed by atoms with Crippen LogP contribution in [0.4, 0.5) is 10.1 Å². The standard InChI is InChI=1S/C24H26FN3O3S/c1-16-11-28(12-17(2)31-16)24(30)14-27-13-22(20-5-3-4-6-21(20)27)32-15-23(29)26-19-9-7-18(25)8-10-19/h3-10,13,16-17H,11-12,14-15H2,1-2H3,(H,26,29)/t16-,17-/m0/s1. The third kappa shape index (κ3) is 5.31. The molecule has 0 spiro atoms. The monoisotopic (exact) mass is 455 g/mol. The lowest BCUT2D eigenvalue weighted by molar-refractivity contribution is -0.143. The highest BCUT2D eigenvalue weighted by atomic mass is 32.2. The molecule has 1 aliphatic rings. The summed E-state index contributed by atoms with van der Waals surface area (Å²) in [6, 6.07) is 13.5. The molecule has 1 N–H and O–H groups in total. The van der Waals surface area contributed by atoms with Crippen molar-refractivity contribution in [3.05, 3.63) is 60.5 Å². The van der Waals surface area contributed by atoms with E-state index in [-0.39, 0.29) is 42.1 Å². The lowest BCUT2D eigenvalue weighted by atomic mass is 10.2. The van der Waals surface area contributed by atoms with Gasteiger partial charge in [0.15, 0.2) is 0 Å². The summed E-state index contributed by atoms with van der Waals surface area (Å²) in [6.07, 6.45) is 1.98. The first-order chi connectivity index (χ1) is 15.4. The molecule has 8 heteroatoms. The van der Waals surface area contributed by atoms with Gasteiger partial charge in [-0.1, -0.05) is 18.2 Å². The van der Waals surface area contributed by atoms with E-state index >= 15 is 0 Å². The molecule has 0 aliphatic carbocycles. The Labute approximate surface area is 190 Å². The summed E-state index contributed by atoms with van der Waals surface area (Å²) >= 11 is 1.41. The van der Waals surface area contributed by atoms with Gasteiger partial charge in [0.25, 0.3) is 0 Å². The number of thioether (sulfide) groups is 1. The number of carbonyl (C=O) groups is 2. The van der Waals surface area contributed by atoms with Gasteiger partial charge in [0.1, 0.15) is 12.4 Å². The number of benzene rings is 2. The first-order valence-electron chi connectivity index (χ1n) is 10.6. The fraction of sp³-hybridized carbons (Fsp3) is 0.333. The average Bonchev–Trinajstić information content (AvgIpc) is 3.11. The SMILES string of the molecule is C[C@H]1CN(C(=O)Cn2cc(SCC(=O)Nc3ccc(F)cc3)c3ccccc32)C[C@H](C)O1. The number of hydrogen-bond donors (Lipinski definition) is 1. The molecule has 2 amide bonds. The predicted octanol–water partition coefficient (Wildman–Crippen LogP) is 4.15. The van der Waals surface area contributed by atoms with Gasteiger partial charge >= 0.3 is 0 Å². The van der Waals surface area contributed by atoms with Crippen molar-refractivity contribution in [2.75, 3.05) is 24.2 Å². The second-order valence-corrected chi connectivity index (χ2v) is 9.06. The van der Waals surface area contributed by atoms with Gasteiger partial charge in [0, 0.05) is 40.8 Å². The molecule has 32 heavy (non-hydrogen) atoms. The molecule has 0 radical (unpaired) electrons. The Morgan fingerprint density at radius 1 is 1.09 bits per heavy atom. The van der Waals surface area contributed by atoms with E-state index in [0.29, 0.717) is 18.8 Å². The van der Waals surface area contributed by atoms with E-state index < -0.39 is 0 Å². The highest BCUT2D eigenvalue weighted by Crippen LogP contribution is 2.30. The summed E-state index contributed by atoms with van der Waals surface area (Å²) in [5, 5.41) is 3.78. The Morgan fingerprint density at radius 3 is 2.50 bits per heavy atom. The van der Waals surface area contributed by atoms with Crippen molar-refractivity contribution >= 4 is 40.2 Å². The van der Waals surface area contributed by atoms with Crippen LogP contribution in [0.1, 0.15) is 13.8 Å². The maximum atomic E-state index is 13.0. The Kier molecular flexibility index (Phi) is 6.81. The molecular formula is C24H26FN3O3S. The van der Waals surface area contributed by atoms with Gasteiger partial charge in [-0.05, 0) is 44.2 Å². The average molecular weight is 456 g/mol. The molecule has 168 valence electrons. The predicted molar refractivity (Wildman–Crippen MR) is 124 cm³/mol. The minimum absolute atomic E-state index is 0.0230. The molecular weight excluding hydrogens is 429 g/mol. The van der Waals surface area contributed by atoms with Crippen LogP contribution >= 0.6 is 11.8 Å². The van der Waals surface area contributed by atoms with Crippen LogP contribution in [-0.2, 0) is 20.9 Å². The first-order valence-corrected chi connectivity index (χ1v) is 11.6. The normalized spacial score (nSPS) is 18.7. The Balaban J connectivity index is 1.44. The third-order valence-corrected chi connectivity index (χ3v) is 6.36. The summed E-state index contributed by atoms with van der Waals surface area (Å²) in [5.74, 6) is -0.262. The first kappa shape index (κ1) is 22.4. The number of aromatic nitrogens is 1. The van der Waals surface area contributed by atoms with Gasteiger partial charge in [0.2, 0.25) is 11.8 Å². The zero-order valence-electron chi connectivity index (χ0n) is 18.1. The molecule has 0 unspecified atom stereocenters. The van der Waals surface area contributed by atoms with Crippen molar-refractivity contribution in [1.82, 2.24) is 9.47 Å². The Hall–Kier alpha value is -2.84. The van der Waals surface area contributed by atoms with Gasteiger partial charge < -0.3 is 19.5 Å². The van der Waals surface area contributed by atoms with Crippen molar-refractivity contribution in [1.29, 1.82) is 0 Å². The van der Waals surface area contributed by atoms with E-state index in [4.69, 9.17) is 4.74 Å². The quantitative estimate of drug-likeness (QED) is 0.568. The van der Waals surface area contributed by atoms with Crippen LogP contribution in [0.2, 0.25) is 0 Å². The number of carbonyl (C=O) groups excluding carboxylic acids is 2. The molecule has 3 aromatic rings. The van der Waals surface area contributed by atoms with E-state index in [1.54, 1.807) is 0 Å². The summed E-state index contributed by atoms with van der Waals surface area (Å²) < 4.78 is 20.7. The third-order valence-electron chi connectivity index (χ3n) is 5.32. The van der Waals surface area contributed by atoms with E-state index in [1.165, 1.54) is 36.0 Å². The fourth-order valence-corrected chi connectivity index (χ4v) is 4.85. The number of anilines is 1. The molecule has 1 aliphatic heterocycles. The van der Waals surface area contributed by atoms with E-state index in [1.807, 2.05) is 53.8 Å². The number of para-hydroxylation sites is 1. The van der Waals surface area contributed by atoms with Gasteiger partial charge in [-0.2, -0.15) is 0 Å². The summed E-state index contributed by atoms with van der Waals surface area (Å²) in [4.78, 5) is 28.1. The maximum Gasteiger partial charge on any atom is 0.242 e. The van der Waals surface area contributed by atoms with Crippen molar-refractivity contribution in [3.63, 3.8) is 0 Å². The molecule has 1 aromatic heterocycles. The van der Waals surface area contributed by atoms with Crippen LogP contribution in [0.25, 0.3) is 10.9 Å². The van der Waals surface area contributed by atoms with Gasteiger partial charge in [-0.3, -0.25) is 9.59 Å². The topological polar surface area (TPSA) is 63.6 Å². The molecule has 1 saturated heterocycles. The summed E-state index contributed by atoms with van der Waals surface area (Å²) in [6.45, 7) is 5.38.